The second kappa shape index (κ2) is 7.23. The van der Waals surface area contributed by atoms with Gasteiger partial charge in [0.25, 0.3) is 0 Å². The molecule has 1 aliphatic rings. The van der Waals surface area contributed by atoms with E-state index >= 15 is 0 Å². The molecule has 0 spiro atoms. The van der Waals surface area contributed by atoms with E-state index in [2.05, 4.69) is 32.6 Å². The van der Waals surface area contributed by atoms with Crippen LogP contribution in [0.2, 0.25) is 0 Å². The molecular formula is C12H17BrN2O2S. The van der Waals surface area contributed by atoms with Crippen LogP contribution in [-0.4, -0.2) is 38.3 Å². The molecule has 2 rings (SSSR count). The summed E-state index contributed by atoms with van der Waals surface area (Å²) < 4.78 is 6.62. The van der Waals surface area contributed by atoms with Crippen LogP contribution in [0, 0.1) is 0 Å². The average molecular weight is 333 g/mol. The van der Waals surface area contributed by atoms with Crippen molar-refractivity contribution in [3.63, 3.8) is 0 Å². The number of halogens is 1. The number of carbonyl (C=O) groups is 1. The molecular weight excluding hydrogens is 316 g/mol. The van der Waals surface area contributed by atoms with Crippen LogP contribution in [0.25, 0.3) is 0 Å². The molecule has 18 heavy (non-hydrogen) atoms. The summed E-state index contributed by atoms with van der Waals surface area (Å²) >= 11 is 5.13. The summed E-state index contributed by atoms with van der Waals surface area (Å²) in [5.74, 6) is 0.0688. The van der Waals surface area contributed by atoms with Crippen LogP contribution < -0.4 is 10.6 Å². The molecule has 1 unspecified atom stereocenters. The number of ether oxygens (including phenoxy) is 1. The number of amides is 1. The Hall–Kier alpha value is -0.430. The van der Waals surface area contributed by atoms with Crippen molar-refractivity contribution in [2.75, 3.05) is 26.2 Å². The Morgan fingerprint density at radius 1 is 1.61 bits per heavy atom. The molecule has 6 heteroatoms. The summed E-state index contributed by atoms with van der Waals surface area (Å²) in [6, 6.07) is 4.11. The lowest BCUT2D eigenvalue weighted by Crippen LogP contribution is -2.41. The molecule has 1 atom stereocenters. The predicted molar refractivity (Wildman–Crippen MR) is 76.0 cm³/mol. The van der Waals surface area contributed by atoms with Gasteiger partial charge in [-0.15, -0.1) is 11.3 Å². The highest BCUT2D eigenvalue weighted by Gasteiger charge is 2.16. The standard InChI is InChI=1S/C12H17BrN2O2S/c13-11-2-1-10(18-11)3-4-15-12(16)7-9-8-14-5-6-17-9/h1-2,9,14H,3-8H2,(H,15,16). The molecule has 4 nitrogen and oxygen atoms in total. The van der Waals surface area contributed by atoms with Gasteiger partial charge >= 0.3 is 0 Å². The molecule has 1 aliphatic heterocycles. The summed E-state index contributed by atoms with van der Waals surface area (Å²) in [7, 11) is 0. The van der Waals surface area contributed by atoms with E-state index in [9.17, 15) is 4.79 Å². The number of morpholine rings is 1. The highest BCUT2D eigenvalue weighted by atomic mass is 79.9. The molecule has 0 bridgehead atoms. The molecule has 1 aromatic rings. The quantitative estimate of drug-likeness (QED) is 0.860. The van der Waals surface area contributed by atoms with Crippen LogP contribution in [0.1, 0.15) is 11.3 Å². The summed E-state index contributed by atoms with van der Waals surface area (Å²) in [5, 5.41) is 6.15. The molecule has 100 valence electrons. The average Bonchev–Trinajstić information content (AvgIpc) is 2.76. The maximum absolute atomic E-state index is 11.7. The van der Waals surface area contributed by atoms with Gasteiger partial charge in [-0.25, -0.2) is 0 Å². The Bertz CT molecular complexity index is 391. The SMILES string of the molecule is O=C(CC1CNCCO1)NCCc1ccc(Br)s1. The molecule has 0 aromatic carbocycles. The van der Waals surface area contributed by atoms with Crippen LogP contribution in [0.3, 0.4) is 0 Å². The second-order valence-corrected chi connectivity index (χ2v) is 6.75. The number of rotatable bonds is 5. The lowest BCUT2D eigenvalue weighted by molar-refractivity contribution is -0.124. The van der Waals surface area contributed by atoms with Crippen molar-refractivity contribution in [2.45, 2.75) is 18.9 Å². The summed E-state index contributed by atoms with van der Waals surface area (Å²) in [5.41, 5.74) is 0. The lowest BCUT2D eigenvalue weighted by Gasteiger charge is -2.22. The van der Waals surface area contributed by atoms with Gasteiger partial charge in [0.05, 0.1) is 22.9 Å². The van der Waals surface area contributed by atoms with Crippen LogP contribution >= 0.6 is 27.3 Å². The normalized spacial score (nSPS) is 19.7. The van der Waals surface area contributed by atoms with E-state index in [1.165, 1.54) is 4.88 Å². The topological polar surface area (TPSA) is 50.4 Å². The van der Waals surface area contributed by atoms with Gasteiger partial charge < -0.3 is 15.4 Å². The smallest absolute Gasteiger partial charge is 0.222 e. The zero-order chi connectivity index (χ0) is 12.8. The maximum Gasteiger partial charge on any atom is 0.222 e. The fourth-order valence-corrected chi connectivity index (χ4v) is 3.32. The summed E-state index contributed by atoms with van der Waals surface area (Å²) in [6.45, 7) is 3.03. The Morgan fingerprint density at radius 3 is 3.17 bits per heavy atom. The Kier molecular flexibility index (Phi) is 5.62. The molecule has 1 fully saturated rings. The third kappa shape index (κ3) is 4.68. The van der Waals surface area contributed by atoms with Gasteiger partial charge in [-0.05, 0) is 34.5 Å². The van der Waals surface area contributed by atoms with E-state index < -0.39 is 0 Å². The highest BCUT2D eigenvalue weighted by molar-refractivity contribution is 9.11. The number of carbonyl (C=O) groups excluding carboxylic acids is 1. The predicted octanol–water partition coefficient (Wildman–Crippen LogP) is 1.55. The van der Waals surface area contributed by atoms with Crippen LogP contribution in [0.5, 0.6) is 0 Å². The molecule has 1 amide bonds. The second-order valence-electron chi connectivity index (χ2n) is 4.21. The molecule has 0 saturated carbocycles. The van der Waals surface area contributed by atoms with Crippen molar-refractivity contribution in [2.24, 2.45) is 0 Å². The zero-order valence-electron chi connectivity index (χ0n) is 10.1. The summed E-state index contributed by atoms with van der Waals surface area (Å²) in [4.78, 5) is 13.0. The number of hydrogen-bond donors (Lipinski definition) is 2. The molecule has 2 N–H and O–H groups in total. The van der Waals surface area contributed by atoms with Gasteiger partial charge in [0.15, 0.2) is 0 Å². The van der Waals surface area contributed by atoms with E-state index in [0.717, 1.165) is 23.3 Å². The molecule has 1 saturated heterocycles. The number of hydrogen-bond acceptors (Lipinski definition) is 4. The van der Waals surface area contributed by atoms with E-state index in [1.807, 2.05) is 6.07 Å². The van der Waals surface area contributed by atoms with Gasteiger partial charge in [-0.2, -0.15) is 0 Å². The third-order valence-electron chi connectivity index (χ3n) is 2.74. The first kappa shape index (κ1) is 14.0. The van der Waals surface area contributed by atoms with Gasteiger partial charge in [-0.1, -0.05) is 0 Å². The fourth-order valence-electron chi connectivity index (χ4n) is 1.84. The van der Waals surface area contributed by atoms with E-state index in [-0.39, 0.29) is 12.0 Å². The van der Waals surface area contributed by atoms with Crippen molar-refractivity contribution < 1.29 is 9.53 Å². The Balaban J connectivity index is 1.62. The van der Waals surface area contributed by atoms with E-state index in [4.69, 9.17) is 4.74 Å². The first-order chi connectivity index (χ1) is 8.74. The fraction of sp³-hybridized carbons (Fsp3) is 0.583. The van der Waals surface area contributed by atoms with Crippen molar-refractivity contribution in [3.8, 4) is 0 Å². The minimum Gasteiger partial charge on any atom is -0.375 e. The van der Waals surface area contributed by atoms with Gasteiger partial charge in [0.2, 0.25) is 5.91 Å². The lowest BCUT2D eigenvalue weighted by atomic mass is 10.2. The van der Waals surface area contributed by atoms with Gasteiger partial charge in [0.1, 0.15) is 0 Å². The van der Waals surface area contributed by atoms with Crippen LogP contribution in [-0.2, 0) is 16.0 Å². The molecule has 0 aliphatic carbocycles. The number of thiophene rings is 1. The van der Waals surface area contributed by atoms with Gasteiger partial charge in [0, 0.05) is 24.5 Å². The van der Waals surface area contributed by atoms with Crippen molar-refractivity contribution in [1.29, 1.82) is 0 Å². The van der Waals surface area contributed by atoms with Gasteiger partial charge in [-0.3, -0.25) is 4.79 Å². The minimum atomic E-state index is 0.0228. The largest absolute Gasteiger partial charge is 0.375 e. The first-order valence-electron chi connectivity index (χ1n) is 6.07. The first-order valence-corrected chi connectivity index (χ1v) is 7.68. The number of nitrogens with one attached hydrogen (secondary N) is 2. The highest BCUT2D eigenvalue weighted by Crippen LogP contribution is 2.22. The van der Waals surface area contributed by atoms with Crippen molar-refractivity contribution >= 4 is 33.2 Å². The van der Waals surface area contributed by atoms with E-state index in [0.29, 0.717) is 19.6 Å². The van der Waals surface area contributed by atoms with Crippen LogP contribution in [0.15, 0.2) is 15.9 Å². The molecule has 0 radical (unpaired) electrons. The zero-order valence-corrected chi connectivity index (χ0v) is 12.5. The van der Waals surface area contributed by atoms with Crippen molar-refractivity contribution in [1.82, 2.24) is 10.6 Å². The minimum absolute atomic E-state index is 0.0228. The van der Waals surface area contributed by atoms with Crippen LogP contribution in [0.4, 0.5) is 0 Å². The molecule has 1 aromatic heterocycles. The van der Waals surface area contributed by atoms with Crippen molar-refractivity contribution in [3.05, 3.63) is 20.8 Å². The summed E-state index contributed by atoms with van der Waals surface area (Å²) in [6.07, 6.45) is 1.35. The third-order valence-corrected chi connectivity index (χ3v) is 4.42. The van der Waals surface area contributed by atoms with E-state index in [1.54, 1.807) is 11.3 Å². The maximum atomic E-state index is 11.7. The monoisotopic (exact) mass is 332 g/mol. The Morgan fingerprint density at radius 2 is 2.50 bits per heavy atom. The molecule has 2 heterocycles. The Labute approximate surface area is 119 Å².